The van der Waals surface area contributed by atoms with E-state index in [1.165, 1.54) is 25.7 Å². The first-order valence-electron chi connectivity index (χ1n) is 8.95. The van der Waals surface area contributed by atoms with Crippen molar-refractivity contribution in [1.29, 1.82) is 0 Å². The number of amides is 1. The number of carbonyl (C=O) groups excluding carboxylic acids is 1. The maximum Gasteiger partial charge on any atom is 0.410 e. The second kappa shape index (κ2) is 10.1. The Balaban J connectivity index is 1.83. The molecular weight excluding hydrogens is 286 g/mol. The molecule has 0 N–H and O–H groups in total. The third-order valence-electron chi connectivity index (χ3n) is 4.32. The summed E-state index contributed by atoms with van der Waals surface area (Å²) >= 11 is 0. The zero-order valence-corrected chi connectivity index (χ0v) is 14.2. The molecule has 126 valence electrons. The second-order valence-corrected chi connectivity index (χ2v) is 6.22. The van der Waals surface area contributed by atoms with Crippen molar-refractivity contribution in [2.75, 3.05) is 6.54 Å². The van der Waals surface area contributed by atoms with Crippen LogP contribution in [0.15, 0.2) is 42.5 Å². The van der Waals surface area contributed by atoms with Gasteiger partial charge >= 0.3 is 6.09 Å². The van der Waals surface area contributed by atoms with Gasteiger partial charge in [0.15, 0.2) is 0 Å². The molecule has 1 aromatic rings. The van der Waals surface area contributed by atoms with E-state index in [-0.39, 0.29) is 12.1 Å². The smallest absolute Gasteiger partial charge is 0.410 e. The van der Waals surface area contributed by atoms with E-state index in [2.05, 4.69) is 19.1 Å². The summed E-state index contributed by atoms with van der Waals surface area (Å²) in [5, 5.41) is 0. The van der Waals surface area contributed by atoms with Gasteiger partial charge in [0, 0.05) is 6.54 Å². The molecule has 0 spiro atoms. The normalized spacial score (nSPS) is 18.3. The number of carbonyl (C=O) groups is 1. The Labute approximate surface area is 140 Å². The average molecular weight is 315 g/mol. The minimum atomic E-state index is -0.184. The lowest BCUT2D eigenvalue weighted by Gasteiger charge is -2.33. The lowest BCUT2D eigenvalue weighted by Crippen LogP contribution is -2.42. The molecule has 23 heavy (non-hydrogen) atoms. The van der Waals surface area contributed by atoms with Gasteiger partial charge in [-0.25, -0.2) is 4.79 Å². The Bertz CT molecular complexity index is 484. The molecule has 0 bridgehead atoms. The SMILES string of the molecule is CCCCC/C=C/C1CCCCN1C(=O)OCc1ccccc1. The van der Waals surface area contributed by atoms with Gasteiger partial charge in [-0.05, 0) is 37.7 Å². The van der Waals surface area contributed by atoms with Gasteiger partial charge in [0.1, 0.15) is 6.61 Å². The van der Waals surface area contributed by atoms with Crippen LogP contribution in [0.2, 0.25) is 0 Å². The number of nitrogens with zero attached hydrogens (tertiary/aromatic N) is 1. The molecule has 1 aromatic carbocycles. The zero-order valence-electron chi connectivity index (χ0n) is 14.2. The third-order valence-corrected chi connectivity index (χ3v) is 4.32. The molecule has 1 heterocycles. The second-order valence-electron chi connectivity index (χ2n) is 6.22. The summed E-state index contributed by atoms with van der Waals surface area (Å²) in [6.07, 6.45) is 12.4. The van der Waals surface area contributed by atoms with E-state index in [4.69, 9.17) is 4.74 Å². The number of ether oxygens (including phenoxy) is 1. The van der Waals surface area contributed by atoms with Gasteiger partial charge in [0.05, 0.1) is 6.04 Å². The van der Waals surface area contributed by atoms with Crippen LogP contribution in [0.25, 0.3) is 0 Å². The summed E-state index contributed by atoms with van der Waals surface area (Å²) in [6, 6.07) is 10.1. The average Bonchev–Trinajstić information content (AvgIpc) is 2.61. The fourth-order valence-corrected chi connectivity index (χ4v) is 2.95. The standard InChI is InChI=1S/C20H29NO2/c1-2-3-4-5-9-14-19-15-10-11-16-21(19)20(22)23-17-18-12-7-6-8-13-18/h6-9,12-14,19H,2-5,10-11,15-17H2,1H3/b14-9+. The van der Waals surface area contributed by atoms with Crippen LogP contribution in [-0.2, 0) is 11.3 Å². The molecular formula is C20H29NO2. The lowest BCUT2D eigenvalue weighted by atomic mass is 10.0. The van der Waals surface area contributed by atoms with E-state index >= 15 is 0 Å². The van der Waals surface area contributed by atoms with Gasteiger partial charge < -0.3 is 9.64 Å². The molecule has 1 aliphatic rings. The predicted octanol–water partition coefficient (Wildman–Crippen LogP) is 5.31. The Morgan fingerprint density at radius 1 is 1.26 bits per heavy atom. The molecule has 1 unspecified atom stereocenters. The quantitative estimate of drug-likeness (QED) is 0.504. The van der Waals surface area contributed by atoms with Gasteiger partial charge in [-0.3, -0.25) is 0 Å². The van der Waals surface area contributed by atoms with Crippen LogP contribution < -0.4 is 0 Å². The van der Waals surface area contributed by atoms with Crippen LogP contribution in [0.5, 0.6) is 0 Å². The van der Waals surface area contributed by atoms with Crippen LogP contribution in [0.1, 0.15) is 57.4 Å². The number of hydrogen-bond acceptors (Lipinski definition) is 2. The summed E-state index contributed by atoms with van der Waals surface area (Å²) in [5.74, 6) is 0. The van der Waals surface area contributed by atoms with E-state index in [0.29, 0.717) is 6.61 Å². The Hall–Kier alpha value is -1.77. The molecule has 0 aliphatic carbocycles. The molecule has 1 atom stereocenters. The molecule has 1 saturated heterocycles. The van der Waals surface area contributed by atoms with Crippen molar-refractivity contribution in [3.05, 3.63) is 48.0 Å². The Kier molecular flexibility index (Phi) is 7.71. The van der Waals surface area contributed by atoms with Gasteiger partial charge in [0.2, 0.25) is 0 Å². The van der Waals surface area contributed by atoms with Crippen molar-refractivity contribution in [3.63, 3.8) is 0 Å². The minimum Gasteiger partial charge on any atom is -0.445 e. The van der Waals surface area contributed by atoms with E-state index in [0.717, 1.165) is 31.4 Å². The van der Waals surface area contributed by atoms with E-state index in [1.54, 1.807) is 0 Å². The molecule has 3 heteroatoms. The van der Waals surface area contributed by atoms with Crippen molar-refractivity contribution in [2.45, 2.75) is 64.5 Å². The first-order chi connectivity index (χ1) is 11.3. The van der Waals surface area contributed by atoms with Crippen molar-refractivity contribution in [2.24, 2.45) is 0 Å². The van der Waals surface area contributed by atoms with E-state index in [1.807, 2.05) is 35.2 Å². The van der Waals surface area contributed by atoms with Gasteiger partial charge in [-0.2, -0.15) is 0 Å². The van der Waals surface area contributed by atoms with Crippen LogP contribution in [0.4, 0.5) is 4.79 Å². The molecule has 1 fully saturated rings. The van der Waals surface area contributed by atoms with Crippen molar-refractivity contribution in [1.82, 2.24) is 4.90 Å². The maximum atomic E-state index is 12.4. The lowest BCUT2D eigenvalue weighted by molar-refractivity contribution is 0.0775. The number of piperidine rings is 1. The number of hydrogen-bond donors (Lipinski definition) is 0. The highest BCUT2D eigenvalue weighted by Crippen LogP contribution is 2.20. The first-order valence-corrected chi connectivity index (χ1v) is 8.95. The largest absolute Gasteiger partial charge is 0.445 e. The van der Waals surface area contributed by atoms with Gasteiger partial charge in [0.25, 0.3) is 0 Å². The summed E-state index contributed by atoms with van der Waals surface area (Å²) in [6.45, 7) is 3.37. The number of allylic oxidation sites excluding steroid dienone is 1. The Morgan fingerprint density at radius 2 is 2.09 bits per heavy atom. The predicted molar refractivity (Wildman–Crippen MR) is 94.3 cm³/mol. The fraction of sp³-hybridized carbons (Fsp3) is 0.550. The first kappa shape index (κ1) is 17.6. The van der Waals surface area contributed by atoms with E-state index in [9.17, 15) is 4.79 Å². The highest BCUT2D eigenvalue weighted by molar-refractivity contribution is 5.68. The zero-order chi connectivity index (χ0) is 16.3. The Morgan fingerprint density at radius 3 is 2.87 bits per heavy atom. The maximum absolute atomic E-state index is 12.4. The fourth-order valence-electron chi connectivity index (χ4n) is 2.95. The summed E-state index contributed by atoms with van der Waals surface area (Å²) < 4.78 is 5.50. The molecule has 1 aliphatic heterocycles. The topological polar surface area (TPSA) is 29.5 Å². The van der Waals surface area contributed by atoms with Crippen molar-refractivity contribution >= 4 is 6.09 Å². The summed E-state index contributed by atoms with van der Waals surface area (Å²) in [5.41, 5.74) is 1.03. The third kappa shape index (κ3) is 6.09. The van der Waals surface area contributed by atoms with Crippen LogP contribution >= 0.6 is 0 Å². The molecule has 0 saturated carbocycles. The van der Waals surface area contributed by atoms with Crippen LogP contribution in [0, 0.1) is 0 Å². The molecule has 0 aromatic heterocycles. The number of rotatable bonds is 7. The van der Waals surface area contributed by atoms with E-state index < -0.39 is 0 Å². The van der Waals surface area contributed by atoms with Gasteiger partial charge in [-0.15, -0.1) is 0 Å². The number of likely N-dealkylation sites (tertiary alicyclic amines) is 1. The van der Waals surface area contributed by atoms with Crippen LogP contribution in [-0.4, -0.2) is 23.6 Å². The minimum absolute atomic E-state index is 0.184. The monoisotopic (exact) mass is 315 g/mol. The van der Waals surface area contributed by atoms with Gasteiger partial charge in [-0.1, -0.05) is 62.2 Å². The van der Waals surface area contributed by atoms with Crippen molar-refractivity contribution in [3.8, 4) is 0 Å². The highest BCUT2D eigenvalue weighted by atomic mass is 16.6. The van der Waals surface area contributed by atoms with Crippen molar-refractivity contribution < 1.29 is 9.53 Å². The van der Waals surface area contributed by atoms with Crippen LogP contribution in [0.3, 0.4) is 0 Å². The summed E-state index contributed by atoms with van der Waals surface area (Å²) in [4.78, 5) is 14.3. The highest BCUT2D eigenvalue weighted by Gasteiger charge is 2.25. The molecule has 0 radical (unpaired) electrons. The molecule has 1 amide bonds. The number of unbranched alkanes of at least 4 members (excludes halogenated alkanes) is 3. The summed E-state index contributed by atoms with van der Waals surface area (Å²) in [7, 11) is 0. The molecule has 2 rings (SSSR count). The molecule has 3 nitrogen and oxygen atoms in total. The number of benzene rings is 1.